The van der Waals surface area contributed by atoms with Crippen molar-refractivity contribution in [1.29, 1.82) is 0 Å². The number of hydrogen-bond acceptors (Lipinski definition) is 3. The average molecular weight is 221 g/mol. The summed E-state index contributed by atoms with van der Waals surface area (Å²) >= 11 is 0. The van der Waals surface area contributed by atoms with Crippen LogP contribution in [0.4, 0.5) is 0 Å². The van der Waals surface area contributed by atoms with Crippen molar-refractivity contribution in [2.45, 2.75) is 26.4 Å². The molecule has 0 aliphatic rings. The Labute approximate surface area is 94.6 Å². The number of carbonyl (C=O) groups is 2. The van der Waals surface area contributed by atoms with Crippen LogP contribution in [-0.4, -0.2) is 17.3 Å². The Balaban J connectivity index is 2.59. The monoisotopic (exact) mass is 221 g/mol. The fraction of sp³-hybridized carbons (Fsp3) is 0.333. The first-order valence-corrected chi connectivity index (χ1v) is 4.98. The normalized spacial score (nSPS) is 10.9. The number of hydrogen-bond donors (Lipinski definition) is 1. The van der Waals surface area contributed by atoms with Crippen molar-refractivity contribution in [3.63, 3.8) is 0 Å². The van der Waals surface area contributed by atoms with Crippen molar-refractivity contribution in [3.8, 4) is 0 Å². The topological polar surface area (TPSA) is 55.4 Å². The van der Waals surface area contributed by atoms with Crippen LogP contribution < -0.4 is 5.48 Å². The number of hydroxylamine groups is 1. The Kier molecular flexibility index (Phi) is 3.79. The molecule has 0 aliphatic carbocycles. The molecule has 16 heavy (non-hydrogen) atoms. The molecule has 1 amide bonds. The highest BCUT2D eigenvalue weighted by Crippen LogP contribution is 2.04. The van der Waals surface area contributed by atoms with Crippen LogP contribution in [0, 0.1) is 0 Å². The van der Waals surface area contributed by atoms with E-state index in [9.17, 15) is 9.59 Å². The van der Waals surface area contributed by atoms with Crippen LogP contribution in [0.2, 0.25) is 0 Å². The molecule has 0 saturated carbocycles. The van der Waals surface area contributed by atoms with Gasteiger partial charge in [-0.05, 0) is 20.8 Å². The van der Waals surface area contributed by atoms with Gasteiger partial charge >= 0.3 is 5.91 Å². The summed E-state index contributed by atoms with van der Waals surface area (Å²) in [6.45, 7) is 5.33. The number of nitrogens with one attached hydrogen (secondary N) is 1. The molecule has 1 aromatic rings. The van der Waals surface area contributed by atoms with E-state index in [1.165, 1.54) is 0 Å². The molecule has 0 aliphatic heterocycles. The lowest BCUT2D eigenvalue weighted by Gasteiger charge is -2.18. The molecular formula is C12H15NO3. The molecule has 4 nitrogen and oxygen atoms in total. The molecule has 0 unspecified atom stereocenters. The number of ketones is 1. The summed E-state index contributed by atoms with van der Waals surface area (Å²) in [5.74, 6) is -1.37. The van der Waals surface area contributed by atoms with E-state index < -0.39 is 17.3 Å². The Morgan fingerprint density at radius 2 is 1.69 bits per heavy atom. The lowest BCUT2D eigenvalue weighted by molar-refractivity contribution is -0.140. The maximum Gasteiger partial charge on any atom is 0.315 e. The van der Waals surface area contributed by atoms with E-state index in [1.807, 2.05) is 0 Å². The van der Waals surface area contributed by atoms with Gasteiger partial charge < -0.3 is 0 Å². The molecule has 0 spiro atoms. The van der Waals surface area contributed by atoms with E-state index >= 15 is 0 Å². The molecule has 0 bridgehead atoms. The molecule has 0 heterocycles. The SMILES string of the molecule is CC(C)(C)ONC(=O)C(=O)c1ccccc1. The minimum atomic E-state index is -0.763. The molecule has 0 atom stereocenters. The van der Waals surface area contributed by atoms with Crippen LogP contribution in [0.15, 0.2) is 30.3 Å². The molecule has 0 fully saturated rings. The van der Waals surface area contributed by atoms with Crippen LogP contribution in [0.25, 0.3) is 0 Å². The summed E-state index contributed by atoms with van der Waals surface area (Å²) in [5, 5.41) is 0. The molecule has 1 aromatic carbocycles. The van der Waals surface area contributed by atoms with E-state index in [1.54, 1.807) is 51.1 Å². The predicted molar refractivity (Wildman–Crippen MR) is 59.8 cm³/mol. The van der Waals surface area contributed by atoms with Crippen molar-refractivity contribution >= 4 is 11.7 Å². The van der Waals surface area contributed by atoms with Gasteiger partial charge in [-0.2, -0.15) is 0 Å². The summed E-state index contributed by atoms with van der Waals surface area (Å²) in [6, 6.07) is 8.34. The lowest BCUT2D eigenvalue weighted by atomic mass is 10.1. The van der Waals surface area contributed by atoms with Gasteiger partial charge in [-0.15, -0.1) is 0 Å². The molecule has 1 N–H and O–H groups in total. The Bertz CT molecular complexity index is 379. The maximum atomic E-state index is 11.6. The van der Waals surface area contributed by atoms with Gasteiger partial charge in [-0.25, -0.2) is 5.48 Å². The van der Waals surface area contributed by atoms with Gasteiger partial charge in [0.25, 0.3) is 5.78 Å². The predicted octanol–water partition coefficient (Wildman–Crippen LogP) is 1.72. The summed E-state index contributed by atoms with van der Waals surface area (Å²) < 4.78 is 0. The molecule has 0 aromatic heterocycles. The van der Waals surface area contributed by atoms with Crippen LogP contribution in [0.1, 0.15) is 31.1 Å². The van der Waals surface area contributed by atoms with E-state index in [-0.39, 0.29) is 0 Å². The standard InChI is InChI=1S/C12H15NO3/c1-12(2,3)16-13-11(15)10(14)9-7-5-4-6-8-9/h4-8H,1-3H3,(H,13,15). The lowest BCUT2D eigenvalue weighted by Crippen LogP contribution is -2.37. The Hall–Kier alpha value is -1.68. The first kappa shape index (κ1) is 12.4. The zero-order valence-corrected chi connectivity index (χ0v) is 9.61. The maximum absolute atomic E-state index is 11.6. The van der Waals surface area contributed by atoms with Crippen molar-refractivity contribution < 1.29 is 14.4 Å². The largest absolute Gasteiger partial charge is 0.315 e. The molecule has 0 saturated heterocycles. The average Bonchev–Trinajstić information content (AvgIpc) is 2.25. The van der Waals surface area contributed by atoms with Gasteiger partial charge in [-0.1, -0.05) is 30.3 Å². The first-order valence-electron chi connectivity index (χ1n) is 4.98. The van der Waals surface area contributed by atoms with Gasteiger partial charge in [-0.3, -0.25) is 14.4 Å². The zero-order valence-electron chi connectivity index (χ0n) is 9.61. The van der Waals surface area contributed by atoms with E-state index in [2.05, 4.69) is 5.48 Å². The number of Topliss-reactive ketones (excluding diaryl/α,β-unsaturated/α-hetero) is 1. The number of benzene rings is 1. The number of rotatable bonds is 3. The molecule has 86 valence electrons. The molecule has 0 radical (unpaired) electrons. The van der Waals surface area contributed by atoms with Crippen molar-refractivity contribution in [3.05, 3.63) is 35.9 Å². The quantitative estimate of drug-likeness (QED) is 0.480. The summed E-state index contributed by atoms with van der Waals surface area (Å²) in [4.78, 5) is 28.0. The van der Waals surface area contributed by atoms with Crippen LogP contribution in [0.3, 0.4) is 0 Å². The summed E-state index contributed by atoms with van der Waals surface area (Å²) in [6.07, 6.45) is 0. The van der Waals surface area contributed by atoms with Crippen molar-refractivity contribution in [2.24, 2.45) is 0 Å². The summed E-state index contributed by atoms with van der Waals surface area (Å²) in [5.41, 5.74) is 1.96. The minimum absolute atomic E-state index is 0.345. The third kappa shape index (κ3) is 3.82. The van der Waals surface area contributed by atoms with E-state index in [4.69, 9.17) is 4.84 Å². The molecule has 1 rings (SSSR count). The number of carbonyl (C=O) groups excluding carboxylic acids is 2. The van der Waals surface area contributed by atoms with Gasteiger partial charge in [0.05, 0.1) is 5.60 Å². The third-order valence-electron chi connectivity index (χ3n) is 1.69. The van der Waals surface area contributed by atoms with Gasteiger partial charge in [0, 0.05) is 5.56 Å². The molecular weight excluding hydrogens is 206 g/mol. The highest BCUT2D eigenvalue weighted by atomic mass is 16.7. The second-order valence-electron chi connectivity index (χ2n) is 4.34. The fourth-order valence-electron chi connectivity index (χ4n) is 0.966. The number of amides is 1. The van der Waals surface area contributed by atoms with Crippen molar-refractivity contribution in [2.75, 3.05) is 0 Å². The second kappa shape index (κ2) is 4.90. The van der Waals surface area contributed by atoms with Crippen molar-refractivity contribution in [1.82, 2.24) is 5.48 Å². The second-order valence-corrected chi connectivity index (χ2v) is 4.34. The van der Waals surface area contributed by atoms with Gasteiger partial charge in [0.15, 0.2) is 0 Å². The van der Waals surface area contributed by atoms with Gasteiger partial charge in [0.2, 0.25) is 0 Å². The fourth-order valence-corrected chi connectivity index (χ4v) is 0.966. The van der Waals surface area contributed by atoms with E-state index in [0.29, 0.717) is 5.56 Å². The van der Waals surface area contributed by atoms with E-state index in [0.717, 1.165) is 0 Å². The third-order valence-corrected chi connectivity index (χ3v) is 1.69. The molecule has 4 heteroatoms. The minimum Gasteiger partial charge on any atom is -0.283 e. The zero-order chi connectivity index (χ0) is 12.2. The van der Waals surface area contributed by atoms with Crippen LogP contribution >= 0.6 is 0 Å². The summed E-state index contributed by atoms with van der Waals surface area (Å²) in [7, 11) is 0. The van der Waals surface area contributed by atoms with Gasteiger partial charge in [0.1, 0.15) is 0 Å². The van der Waals surface area contributed by atoms with Crippen LogP contribution in [-0.2, 0) is 9.63 Å². The smallest absolute Gasteiger partial charge is 0.283 e. The Morgan fingerprint density at radius 1 is 1.12 bits per heavy atom. The van der Waals surface area contributed by atoms with Crippen LogP contribution in [0.5, 0.6) is 0 Å². The highest BCUT2D eigenvalue weighted by molar-refractivity contribution is 6.42. The highest BCUT2D eigenvalue weighted by Gasteiger charge is 2.19. The Morgan fingerprint density at radius 3 is 2.19 bits per heavy atom. The first-order chi connectivity index (χ1) is 7.40.